The highest BCUT2D eigenvalue weighted by Gasteiger charge is 2.04. The SMILES string of the molecule is C=C(C)CNC(=O)NCc1cccc(C(=O)O)c1. The van der Waals surface area contributed by atoms with Crippen LogP contribution in [0, 0.1) is 0 Å². The van der Waals surface area contributed by atoms with E-state index in [-0.39, 0.29) is 18.1 Å². The van der Waals surface area contributed by atoms with Crippen LogP contribution in [0.4, 0.5) is 4.79 Å². The van der Waals surface area contributed by atoms with Crippen molar-refractivity contribution in [3.63, 3.8) is 0 Å². The summed E-state index contributed by atoms with van der Waals surface area (Å²) in [5.74, 6) is -0.983. The standard InChI is InChI=1S/C13H16N2O3/c1-9(2)7-14-13(18)15-8-10-4-3-5-11(6-10)12(16)17/h3-6H,1,7-8H2,2H3,(H,16,17)(H2,14,15,18). The molecule has 0 radical (unpaired) electrons. The summed E-state index contributed by atoms with van der Waals surface area (Å²) < 4.78 is 0. The Morgan fingerprint density at radius 2 is 2.06 bits per heavy atom. The number of carboxylic acids is 1. The monoisotopic (exact) mass is 248 g/mol. The Bertz CT molecular complexity index is 469. The van der Waals surface area contributed by atoms with Crippen LogP contribution in [0.5, 0.6) is 0 Å². The van der Waals surface area contributed by atoms with Crippen LogP contribution < -0.4 is 10.6 Å². The maximum atomic E-state index is 11.4. The van der Waals surface area contributed by atoms with Crippen LogP contribution in [0.25, 0.3) is 0 Å². The quantitative estimate of drug-likeness (QED) is 0.695. The van der Waals surface area contributed by atoms with E-state index in [2.05, 4.69) is 17.2 Å². The molecule has 1 aromatic rings. The van der Waals surface area contributed by atoms with Gasteiger partial charge in [0.25, 0.3) is 0 Å². The number of hydrogen-bond acceptors (Lipinski definition) is 2. The molecule has 0 saturated carbocycles. The minimum atomic E-state index is -0.983. The van der Waals surface area contributed by atoms with Crippen molar-refractivity contribution >= 4 is 12.0 Å². The molecule has 0 aliphatic rings. The number of carbonyl (C=O) groups is 2. The molecule has 2 amide bonds. The summed E-state index contributed by atoms with van der Waals surface area (Å²) in [7, 11) is 0. The third kappa shape index (κ3) is 4.69. The normalized spacial score (nSPS) is 9.61. The summed E-state index contributed by atoms with van der Waals surface area (Å²) in [5, 5.41) is 14.1. The average Bonchev–Trinajstić information content (AvgIpc) is 2.34. The third-order valence-corrected chi connectivity index (χ3v) is 2.18. The smallest absolute Gasteiger partial charge is 0.335 e. The summed E-state index contributed by atoms with van der Waals surface area (Å²) in [6.07, 6.45) is 0. The molecule has 96 valence electrons. The van der Waals surface area contributed by atoms with Crippen molar-refractivity contribution in [2.45, 2.75) is 13.5 Å². The van der Waals surface area contributed by atoms with Crippen molar-refractivity contribution in [3.8, 4) is 0 Å². The van der Waals surface area contributed by atoms with E-state index in [0.717, 1.165) is 11.1 Å². The minimum absolute atomic E-state index is 0.205. The van der Waals surface area contributed by atoms with Gasteiger partial charge < -0.3 is 15.7 Å². The van der Waals surface area contributed by atoms with Crippen LogP contribution >= 0.6 is 0 Å². The van der Waals surface area contributed by atoms with Gasteiger partial charge in [-0.3, -0.25) is 0 Å². The number of urea groups is 1. The highest BCUT2D eigenvalue weighted by molar-refractivity contribution is 5.87. The predicted octanol–water partition coefficient (Wildman–Crippen LogP) is 1.76. The summed E-state index contributed by atoms with van der Waals surface area (Å²) >= 11 is 0. The van der Waals surface area contributed by atoms with E-state index >= 15 is 0 Å². The molecule has 0 heterocycles. The van der Waals surface area contributed by atoms with Crippen molar-refractivity contribution in [1.29, 1.82) is 0 Å². The Morgan fingerprint density at radius 3 is 2.67 bits per heavy atom. The van der Waals surface area contributed by atoms with Crippen LogP contribution in [0.3, 0.4) is 0 Å². The number of amides is 2. The van der Waals surface area contributed by atoms with E-state index in [1.807, 2.05) is 6.92 Å². The Balaban J connectivity index is 2.48. The Hall–Kier alpha value is -2.30. The molecule has 0 saturated heterocycles. The van der Waals surface area contributed by atoms with E-state index in [1.54, 1.807) is 12.1 Å². The zero-order valence-electron chi connectivity index (χ0n) is 10.2. The lowest BCUT2D eigenvalue weighted by molar-refractivity contribution is 0.0696. The van der Waals surface area contributed by atoms with E-state index in [9.17, 15) is 9.59 Å². The molecule has 3 N–H and O–H groups in total. The highest BCUT2D eigenvalue weighted by Crippen LogP contribution is 2.04. The number of nitrogens with one attached hydrogen (secondary N) is 2. The maximum absolute atomic E-state index is 11.4. The van der Waals surface area contributed by atoms with Gasteiger partial charge in [-0.1, -0.05) is 24.3 Å². The molecule has 0 aliphatic heterocycles. The molecular weight excluding hydrogens is 232 g/mol. The Morgan fingerprint density at radius 1 is 1.33 bits per heavy atom. The van der Waals surface area contributed by atoms with Crippen molar-refractivity contribution in [2.75, 3.05) is 6.54 Å². The highest BCUT2D eigenvalue weighted by atomic mass is 16.4. The van der Waals surface area contributed by atoms with Crippen LogP contribution in [0.1, 0.15) is 22.8 Å². The number of carbonyl (C=O) groups excluding carboxylic acids is 1. The molecule has 1 rings (SSSR count). The van der Waals surface area contributed by atoms with Gasteiger partial charge in [0.1, 0.15) is 0 Å². The molecule has 5 nitrogen and oxygen atoms in total. The Kier molecular flexibility index (Phi) is 4.92. The van der Waals surface area contributed by atoms with Gasteiger partial charge in [-0.05, 0) is 24.6 Å². The zero-order chi connectivity index (χ0) is 13.5. The predicted molar refractivity (Wildman–Crippen MR) is 68.5 cm³/mol. The summed E-state index contributed by atoms with van der Waals surface area (Å²) in [6.45, 7) is 6.18. The largest absolute Gasteiger partial charge is 0.478 e. The molecule has 0 aromatic heterocycles. The number of aromatic carboxylic acids is 1. The van der Waals surface area contributed by atoms with E-state index in [1.165, 1.54) is 12.1 Å². The van der Waals surface area contributed by atoms with Crippen molar-refractivity contribution < 1.29 is 14.7 Å². The molecule has 0 aliphatic carbocycles. The average molecular weight is 248 g/mol. The number of hydrogen-bond donors (Lipinski definition) is 3. The van der Waals surface area contributed by atoms with E-state index in [0.29, 0.717) is 6.54 Å². The first-order valence-electron chi connectivity index (χ1n) is 5.47. The summed E-state index contributed by atoms with van der Waals surface area (Å²) in [6, 6.07) is 6.13. The lowest BCUT2D eigenvalue weighted by Crippen LogP contribution is -2.35. The molecular formula is C13H16N2O3. The first-order chi connectivity index (χ1) is 8.49. The second-order valence-corrected chi connectivity index (χ2v) is 4.00. The van der Waals surface area contributed by atoms with Crippen LogP contribution in [0.2, 0.25) is 0 Å². The molecule has 0 fully saturated rings. The van der Waals surface area contributed by atoms with Crippen LogP contribution in [-0.4, -0.2) is 23.7 Å². The van der Waals surface area contributed by atoms with Gasteiger partial charge in [-0.15, -0.1) is 0 Å². The third-order valence-electron chi connectivity index (χ3n) is 2.18. The number of rotatable bonds is 5. The molecule has 5 heteroatoms. The lowest BCUT2D eigenvalue weighted by atomic mass is 10.1. The first-order valence-corrected chi connectivity index (χ1v) is 5.47. The second-order valence-electron chi connectivity index (χ2n) is 4.00. The summed E-state index contributed by atoms with van der Waals surface area (Å²) in [4.78, 5) is 22.1. The van der Waals surface area contributed by atoms with E-state index in [4.69, 9.17) is 5.11 Å². The molecule has 1 aromatic carbocycles. The fourth-order valence-electron chi connectivity index (χ4n) is 1.29. The number of carboxylic acid groups (broad SMARTS) is 1. The maximum Gasteiger partial charge on any atom is 0.335 e. The van der Waals surface area contributed by atoms with Gasteiger partial charge in [-0.25, -0.2) is 9.59 Å². The van der Waals surface area contributed by atoms with E-state index < -0.39 is 5.97 Å². The molecule has 0 atom stereocenters. The van der Waals surface area contributed by atoms with Gasteiger partial charge in [0.15, 0.2) is 0 Å². The lowest BCUT2D eigenvalue weighted by Gasteiger charge is -2.07. The molecule has 0 unspecified atom stereocenters. The fourth-order valence-corrected chi connectivity index (χ4v) is 1.29. The summed E-state index contributed by atoms with van der Waals surface area (Å²) in [5.41, 5.74) is 1.80. The second kappa shape index (κ2) is 6.44. The van der Waals surface area contributed by atoms with Gasteiger partial charge >= 0.3 is 12.0 Å². The molecule has 0 spiro atoms. The van der Waals surface area contributed by atoms with Gasteiger partial charge in [0, 0.05) is 13.1 Å². The van der Waals surface area contributed by atoms with Crippen LogP contribution in [-0.2, 0) is 6.54 Å². The molecule has 18 heavy (non-hydrogen) atoms. The van der Waals surface area contributed by atoms with Gasteiger partial charge in [-0.2, -0.15) is 0 Å². The van der Waals surface area contributed by atoms with Crippen molar-refractivity contribution in [1.82, 2.24) is 10.6 Å². The van der Waals surface area contributed by atoms with Crippen molar-refractivity contribution in [2.24, 2.45) is 0 Å². The topological polar surface area (TPSA) is 78.4 Å². The van der Waals surface area contributed by atoms with Crippen molar-refractivity contribution in [3.05, 3.63) is 47.5 Å². The van der Waals surface area contributed by atoms with Crippen LogP contribution in [0.15, 0.2) is 36.4 Å². The number of benzene rings is 1. The fraction of sp³-hybridized carbons (Fsp3) is 0.231. The molecule has 0 bridgehead atoms. The van der Waals surface area contributed by atoms with Gasteiger partial charge in [0.2, 0.25) is 0 Å². The first kappa shape index (κ1) is 13.8. The zero-order valence-corrected chi connectivity index (χ0v) is 10.2. The minimum Gasteiger partial charge on any atom is -0.478 e. The van der Waals surface area contributed by atoms with Gasteiger partial charge in [0.05, 0.1) is 5.56 Å². The Labute approximate surface area is 106 Å².